The highest BCUT2D eigenvalue weighted by Gasteiger charge is 2.53. The molecule has 2 aromatic heterocycles. The Balaban J connectivity index is 1.36. The molecule has 3 heterocycles. The van der Waals surface area contributed by atoms with Crippen LogP contribution in [0.15, 0.2) is 48.8 Å². The highest BCUT2D eigenvalue weighted by Crippen LogP contribution is 2.42. The number of aromatic nitrogens is 6. The van der Waals surface area contributed by atoms with Crippen molar-refractivity contribution in [1.29, 1.82) is 0 Å². The van der Waals surface area contributed by atoms with E-state index < -0.39 is 45.7 Å². The molecule has 4 aromatic rings. The Hall–Kier alpha value is -5.00. The number of halogens is 4. The Kier molecular flexibility index (Phi) is 7.31. The van der Waals surface area contributed by atoms with E-state index in [9.17, 15) is 35.6 Å². The maximum absolute atomic E-state index is 13.5. The fourth-order valence-corrected chi connectivity index (χ4v) is 5.26. The second-order valence-corrected chi connectivity index (χ2v) is 10.9. The van der Waals surface area contributed by atoms with Gasteiger partial charge in [0.15, 0.2) is 0 Å². The van der Waals surface area contributed by atoms with E-state index in [4.69, 9.17) is 0 Å². The summed E-state index contributed by atoms with van der Waals surface area (Å²) in [5, 5.41) is 18.1. The molecule has 2 amide bonds. The van der Waals surface area contributed by atoms with Crippen molar-refractivity contribution >= 4 is 27.5 Å². The smallest absolute Gasteiger partial charge is 0.347 e. The van der Waals surface area contributed by atoms with Gasteiger partial charge < -0.3 is 10.6 Å². The van der Waals surface area contributed by atoms with Crippen molar-refractivity contribution in [2.24, 2.45) is 0 Å². The summed E-state index contributed by atoms with van der Waals surface area (Å²) >= 11 is 0. The average Bonchev–Trinajstić information content (AvgIpc) is 3.62. The molecule has 0 bridgehead atoms. The van der Waals surface area contributed by atoms with Crippen LogP contribution in [0, 0.1) is 12.7 Å². The van der Waals surface area contributed by atoms with Crippen LogP contribution < -0.4 is 14.9 Å². The number of hydrogen-bond acceptors (Lipinski definition) is 9. The topological polar surface area (TPSA) is 176 Å². The van der Waals surface area contributed by atoms with Gasteiger partial charge in [0.05, 0.1) is 18.3 Å². The Morgan fingerprint density at radius 1 is 1.07 bits per heavy atom. The van der Waals surface area contributed by atoms with Crippen molar-refractivity contribution < 1.29 is 35.6 Å². The first-order chi connectivity index (χ1) is 19.8. The molecular formula is C24H19F4N9O4S. The lowest BCUT2D eigenvalue weighted by molar-refractivity contribution is -0.0438. The van der Waals surface area contributed by atoms with Gasteiger partial charge in [-0.25, -0.2) is 14.4 Å². The number of fused-ring (bicyclic) bond motifs is 1. The minimum absolute atomic E-state index is 0.0102. The van der Waals surface area contributed by atoms with Gasteiger partial charge in [0, 0.05) is 23.7 Å². The first-order valence-electron chi connectivity index (χ1n) is 12.0. The summed E-state index contributed by atoms with van der Waals surface area (Å²) < 4.78 is 78.9. The summed E-state index contributed by atoms with van der Waals surface area (Å²) in [6.45, 7) is 0.844. The fraction of sp³-hybridized carbons (Fsp3) is 0.208. The van der Waals surface area contributed by atoms with E-state index in [-0.39, 0.29) is 44.9 Å². The molecular weight excluding hydrogens is 586 g/mol. The summed E-state index contributed by atoms with van der Waals surface area (Å²) in [5.74, 6) is -1.95. The number of aryl methyl sites for hydroxylation is 1. The number of nitrogens with zero attached hydrogens (tertiary/aromatic N) is 6. The number of H-pyrrole nitrogens is 1. The summed E-state index contributed by atoms with van der Waals surface area (Å²) in [7, 11) is -5.84. The van der Waals surface area contributed by atoms with Gasteiger partial charge in [0.1, 0.15) is 23.5 Å². The summed E-state index contributed by atoms with van der Waals surface area (Å²) in [6.07, 6.45) is 0.950. The van der Waals surface area contributed by atoms with Gasteiger partial charge in [0.25, 0.3) is 11.8 Å². The number of amides is 2. The quantitative estimate of drug-likeness (QED) is 0.267. The molecule has 218 valence electrons. The molecule has 1 aliphatic rings. The number of carbonyl (C=O) groups is 2. The zero-order valence-corrected chi connectivity index (χ0v) is 22.2. The van der Waals surface area contributed by atoms with E-state index in [0.717, 1.165) is 18.5 Å². The summed E-state index contributed by atoms with van der Waals surface area (Å²) in [4.78, 5) is 33.3. The van der Waals surface area contributed by atoms with Crippen LogP contribution in [0.1, 0.15) is 43.7 Å². The lowest BCUT2D eigenvalue weighted by Gasteiger charge is -2.21. The molecule has 42 heavy (non-hydrogen) atoms. The maximum Gasteiger partial charge on any atom is 0.516 e. The van der Waals surface area contributed by atoms with E-state index in [1.165, 1.54) is 24.3 Å². The molecule has 1 aliphatic heterocycles. The molecule has 13 nitrogen and oxygen atoms in total. The van der Waals surface area contributed by atoms with Gasteiger partial charge in [-0.1, -0.05) is 24.3 Å². The third-order valence-electron chi connectivity index (χ3n) is 6.32. The molecule has 0 radical (unpaired) electrons. The van der Waals surface area contributed by atoms with Gasteiger partial charge in [0.2, 0.25) is 5.82 Å². The molecule has 0 saturated carbocycles. The average molecular weight is 606 g/mol. The molecule has 5 rings (SSSR count). The number of anilines is 1. The molecule has 2 aromatic carbocycles. The monoisotopic (exact) mass is 605 g/mol. The molecule has 0 unspecified atom stereocenters. The van der Waals surface area contributed by atoms with Crippen LogP contribution in [-0.2, 0) is 16.6 Å². The Bertz CT molecular complexity index is 1780. The zero-order valence-electron chi connectivity index (χ0n) is 21.3. The van der Waals surface area contributed by atoms with E-state index in [1.807, 2.05) is 0 Å². The number of sulfonamides is 1. The third-order valence-corrected chi connectivity index (χ3v) is 7.83. The molecule has 1 atom stereocenters. The predicted molar refractivity (Wildman–Crippen MR) is 136 cm³/mol. The summed E-state index contributed by atoms with van der Waals surface area (Å²) in [6, 6.07) is 8.09. The van der Waals surface area contributed by atoms with E-state index in [1.54, 1.807) is 13.0 Å². The van der Waals surface area contributed by atoms with Crippen LogP contribution in [0.2, 0.25) is 0 Å². The molecule has 3 N–H and O–H groups in total. The van der Waals surface area contributed by atoms with E-state index in [2.05, 4.69) is 41.2 Å². The van der Waals surface area contributed by atoms with E-state index >= 15 is 0 Å². The number of hydrogen-bond donors (Lipinski definition) is 3. The van der Waals surface area contributed by atoms with Crippen molar-refractivity contribution in [3.05, 3.63) is 82.7 Å². The van der Waals surface area contributed by atoms with Crippen molar-refractivity contribution in [3.8, 4) is 11.4 Å². The van der Waals surface area contributed by atoms with Crippen molar-refractivity contribution in [1.82, 2.24) is 41.2 Å². The van der Waals surface area contributed by atoms with Crippen molar-refractivity contribution in [2.75, 3.05) is 10.8 Å². The van der Waals surface area contributed by atoms with Crippen LogP contribution in [-0.4, -0.2) is 62.9 Å². The Morgan fingerprint density at radius 2 is 1.81 bits per heavy atom. The number of tetrazole rings is 1. The Labute approximate surface area is 234 Å². The van der Waals surface area contributed by atoms with Crippen LogP contribution in [0.4, 0.5) is 23.2 Å². The van der Waals surface area contributed by atoms with Crippen LogP contribution >= 0.6 is 0 Å². The SMILES string of the molecule is Cc1cc(CNC(=O)c2cc(C(=O)N[C@H]3CN(S(=O)(=O)C(F)(F)F)c4cc(-c5nn[nH]n5)ccc43)ncn2)ccc1F. The molecule has 0 saturated heterocycles. The lowest BCUT2D eigenvalue weighted by atomic mass is 10.1. The largest absolute Gasteiger partial charge is 0.516 e. The normalized spacial score (nSPS) is 14.9. The summed E-state index contributed by atoms with van der Waals surface area (Å²) in [5.41, 5.74) is -5.17. The molecule has 0 spiro atoms. The van der Waals surface area contributed by atoms with Gasteiger partial charge in [-0.3, -0.25) is 13.9 Å². The highest BCUT2D eigenvalue weighted by atomic mass is 32.2. The van der Waals surface area contributed by atoms with Gasteiger partial charge in [-0.2, -0.15) is 26.8 Å². The van der Waals surface area contributed by atoms with Gasteiger partial charge >= 0.3 is 15.5 Å². The molecule has 0 aliphatic carbocycles. The highest BCUT2D eigenvalue weighted by molar-refractivity contribution is 7.93. The minimum atomic E-state index is -5.84. The van der Waals surface area contributed by atoms with Gasteiger partial charge in [-0.05, 0) is 35.4 Å². The standard InChI is InChI=1S/C24H19F4N9O4S/c1-12-6-13(2-5-16(12)25)9-29-22(38)17-8-18(31-11-30-17)23(39)32-19-10-37(42(40,41)24(26,27)28)20-7-14(3-4-15(19)20)21-33-35-36-34-21/h2-8,11,19H,9-10H2,1H3,(H,29,38)(H,32,39)(H,33,34,35,36)/t19-/m0/s1. The second kappa shape index (κ2) is 10.8. The number of aromatic amines is 1. The number of nitrogens with one attached hydrogen (secondary N) is 3. The number of alkyl halides is 3. The number of carbonyl (C=O) groups excluding carboxylic acids is 2. The first-order valence-corrected chi connectivity index (χ1v) is 13.4. The van der Waals surface area contributed by atoms with Crippen LogP contribution in [0.5, 0.6) is 0 Å². The maximum atomic E-state index is 13.5. The van der Waals surface area contributed by atoms with Crippen molar-refractivity contribution in [3.63, 3.8) is 0 Å². The fourth-order valence-electron chi connectivity index (χ4n) is 4.24. The Morgan fingerprint density at radius 3 is 2.48 bits per heavy atom. The minimum Gasteiger partial charge on any atom is -0.347 e. The zero-order chi connectivity index (χ0) is 30.2. The predicted octanol–water partition coefficient (Wildman–Crippen LogP) is 2.17. The second-order valence-electron chi connectivity index (χ2n) is 9.07. The molecule has 18 heteroatoms. The van der Waals surface area contributed by atoms with Crippen LogP contribution in [0.3, 0.4) is 0 Å². The van der Waals surface area contributed by atoms with Crippen LogP contribution in [0.25, 0.3) is 11.4 Å². The van der Waals surface area contributed by atoms with Gasteiger partial charge in [-0.15, -0.1) is 10.2 Å². The molecule has 0 fully saturated rings. The number of rotatable bonds is 7. The van der Waals surface area contributed by atoms with E-state index in [0.29, 0.717) is 11.1 Å². The van der Waals surface area contributed by atoms with Crippen molar-refractivity contribution in [2.45, 2.75) is 25.0 Å². The lowest BCUT2D eigenvalue weighted by Crippen LogP contribution is -2.42. The first kappa shape index (κ1) is 28.5. The number of benzene rings is 2. The third kappa shape index (κ3) is 5.47.